The van der Waals surface area contributed by atoms with Crippen LogP contribution in [0.3, 0.4) is 0 Å². The number of hydrogen-bond acceptors (Lipinski definition) is 2. The molecule has 0 heterocycles. The summed E-state index contributed by atoms with van der Waals surface area (Å²) in [6, 6.07) is 7.76. The maximum atomic E-state index is 11.8. The van der Waals surface area contributed by atoms with Gasteiger partial charge < -0.3 is 4.74 Å². The Bertz CT molecular complexity index is 418. The topological polar surface area (TPSA) is 26.3 Å². The molecule has 21 heavy (non-hydrogen) atoms. The van der Waals surface area contributed by atoms with Crippen LogP contribution in [0.2, 0.25) is 0 Å². The molecule has 0 aromatic heterocycles. The van der Waals surface area contributed by atoms with Crippen LogP contribution in [0.5, 0.6) is 5.75 Å². The van der Waals surface area contributed by atoms with Crippen LogP contribution in [0, 0.1) is 0 Å². The van der Waals surface area contributed by atoms with Crippen molar-refractivity contribution in [3.05, 3.63) is 24.3 Å². The van der Waals surface area contributed by atoms with Crippen molar-refractivity contribution in [2.45, 2.75) is 51.9 Å². The number of ether oxygens (including phenoxy) is 1. The number of unbranched alkanes of at least 4 members (excludes halogenated alkanes) is 5. The Morgan fingerprint density at radius 3 is 2.10 bits per heavy atom. The summed E-state index contributed by atoms with van der Waals surface area (Å²) in [7, 11) is 6.33. The molecular weight excluding hydrogens is 262 g/mol. The van der Waals surface area contributed by atoms with E-state index in [1.165, 1.54) is 31.4 Å². The standard InChI is InChI=1S/C18H30NO2/c1-5-6-7-8-9-10-11-18(20)21-17-14-12-16(13-15-17)19(2,3)4/h12-15H,5-11H2,1-4H3/q+1. The van der Waals surface area contributed by atoms with Gasteiger partial charge in [-0.05, 0) is 18.6 Å². The second kappa shape index (κ2) is 8.83. The Morgan fingerprint density at radius 2 is 1.52 bits per heavy atom. The smallest absolute Gasteiger partial charge is 0.311 e. The van der Waals surface area contributed by atoms with E-state index in [0.717, 1.165) is 17.3 Å². The molecule has 1 rings (SSSR count). The molecule has 0 saturated carbocycles. The fourth-order valence-electron chi connectivity index (χ4n) is 2.19. The molecule has 1 aromatic carbocycles. The Morgan fingerprint density at radius 1 is 0.952 bits per heavy atom. The maximum Gasteiger partial charge on any atom is 0.311 e. The van der Waals surface area contributed by atoms with Gasteiger partial charge in [-0.2, -0.15) is 0 Å². The summed E-state index contributed by atoms with van der Waals surface area (Å²) >= 11 is 0. The van der Waals surface area contributed by atoms with Crippen molar-refractivity contribution in [2.24, 2.45) is 0 Å². The molecule has 3 heteroatoms. The third-order valence-electron chi connectivity index (χ3n) is 3.58. The van der Waals surface area contributed by atoms with Gasteiger partial charge in [-0.15, -0.1) is 0 Å². The zero-order valence-electron chi connectivity index (χ0n) is 14.0. The van der Waals surface area contributed by atoms with Crippen molar-refractivity contribution < 1.29 is 9.53 Å². The number of esters is 1. The lowest BCUT2D eigenvalue weighted by Crippen LogP contribution is -2.34. The lowest BCUT2D eigenvalue weighted by atomic mass is 10.1. The second-order valence-corrected chi connectivity index (χ2v) is 6.50. The highest BCUT2D eigenvalue weighted by molar-refractivity contribution is 5.72. The predicted octanol–water partition coefficient (Wildman–Crippen LogP) is 4.54. The Balaban J connectivity index is 2.28. The van der Waals surface area contributed by atoms with Crippen LogP contribution >= 0.6 is 0 Å². The van der Waals surface area contributed by atoms with E-state index < -0.39 is 0 Å². The van der Waals surface area contributed by atoms with E-state index in [2.05, 4.69) is 28.1 Å². The molecular formula is C18H30NO2+. The second-order valence-electron chi connectivity index (χ2n) is 6.50. The van der Waals surface area contributed by atoms with Crippen molar-refractivity contribution in [2.75, 3.05) is 21.1 Å². The van der Waals surface area contributed by atoms with E-state index in [0.29, 0.717) is 12.2 Å². The molecule has 0 aliphatic rings. The predicted molar refractivity (Wildman–Crippen MR) is 89.6 cm³/mol. The van der Waals surface area contributed by atoms with Crippen molar-refractivity contribution in [3.63, 3.8) is 0 Å². The van der Waals surface area contributed by atoms with Gasteiger partial charge in [0.1, 0.15) is 11.4 Å². The highest BCUT2D eigenvalue weighted by atomic mass is 16.5. The summed E-state index contributed by atoms with van der Waals surface area (Å²) < 4.78 is 6.12. The SMILES string of the molecule is CCCCCCCCC(=O)Oc1ccc([N+](C)(C)C)cc1. The Labute approximate surface area is 129 Å². The summed E-state index contributed by atoms with van der Waals surface area (Å²) in [6.07, 6.45) is 7.62. The first-order valence-corrected chi connectivity index (χ1v) is 8.06. The van der Waals surface area contributed by atoms with Crippen LogP contribution in [0.15, 0.2) is 24.3 Å². The highest BCUT2D eigenvalue weighted by Crippen LogP contribution is 2.21. The van der Waals surface area contributed by atoms with Gasteiger partial charge in [-0.1, -0.05) is 39.0 Å². The molecule has 0 saturated heterocycles. The number of rotatable bonds is 9. The molecule has 1 aromatic rings. The first kappa shape index (κ1) is 17.7. The lowest BCUT2D eigenvalue weighted by molar-refractivity contribution is -0.134. The molecule has 3 nitrogen and oxygen atoms in total. The normalized spacial score (nSPS) is 11.4. The summed E-state index contributed by atoms with van der Waals surface area (Å²) in [5.41, 5.74) is 1.19. The summed E-state index contributed by atoms with van der Waals surface area (Å²) in [4.78, 5) is 11.8. The van der Waals surface area contributed by atoms with Crippen LogP contribution in [0.25, 0.3) is 0 Å². The van der Waals surface area contributed by atoms with Crippen LogP contribution < -0.4 is 9.22 Å². The largest absolute Gasteiger partial charge is 0.427 e. The minimum absolute atomic E-state index is 0.122. The highest BCUT2D eigenvalue weighted by Gasteiger charge is 2.12. The average Bonchev–Trinajstić information content (AvgIpc) is 2.42. The number of carbonyl (C=O) groups is 1. The molecule has 0 atom stereocenters. The van der Waals surface area contributed by atoms with Gasteiger partial charge in [0, 0.05) is 18.6 Å². The van der Waals surface area contributed by atoms with Gasteiger partial charge in [0.25, 0.3) is 0 Å². The summed E-state index contributed by atoms with van der Waals surface area (Å²) in [5.74, 6) is 0.520. The molecule has 0 N–H and O–H groups in total. The minimum atomic E-state index is -0.122. The fraction of sp³-hybridized carbons (Fsp3) is 0.611. The maximum absolute atomic E-state index is 11.8. The van der Waals surface area contributed by atoms with Gasteiger partial charge in [0.05, 0.1) is 21.1 Å². The summed E-state index contributed by atoms with van der Waals surface area (Å²) in [6.45, 7) is 2.21. The first-order chi connectivity index (χ1) is 9.93. The number of hydrogen-bond donors (Lipinski definition) is 0. The van der Waals surface area contributed by atoms with Gasteiger partial charge >= 0.3 is 5.97 Å². The van der Waals surface area contributed by atoms with Crippen LogP contribution in [-0.2, 0) is 4.79 Å². The van der Waals surface area contributed by atoms with E-state index >= 15 is 0 Å². The zero-order valence-corrected chi connectivity index (χ0v) is 14.0. The summed E-state index contributed by atoms with van der Waals surface area (Å²) in [5, 5.41) is 0. The zero-order chi connectivity index (χ0) is 15.7. The molecule has 0 fully saturated rings. The quantitative estimate of drug-likeness (QED) is 0.289. The van der Waals surface area contributed by atoms with Crippen LogP contribution in [0.4, 0.5) is 5.69 Å². The van der Waals surface area contributed by atoms with E-state index in [4.69, 9.17) is 4.74 Å². The number of benzene rings is 1. The monoisotopic (exact) mass is 292 g/mol. The third-order valence-corrected chi connectivity index (χ3v) is 3.58. The lowest BCUT2D eigenvalue weighted by Gasteiger charge is -2.23. The van der Waals surface area contributed by atoms with Crippen molar-refractivity contribution >= 4 is 11.7 Å². The van der Waals surface area contributed by atoms with Gasteiger partial charge in [-0.3, -0.25) is 9.28 Å². The van der Waals surface area contributed by atoms with E-state index in [1.54, 1.807) is 0 Å². The minimum Gasteiger partial charge on any atom is -0.427 e. The number of carbonyl (C=O) groups excluding carboxylic acids is 1. The molecule has 0 amide bonds. The molecule has 0 aliphatic carbocycles. The van der Waals surface area contributed by atoms with Gasteiger partial charge in [-0.25, -0.2) is 0 Å². The Kier molecular flexibility index (Phi) is 7.44. The van der Waals surface area contributed by atoms with Crippen LogP contribution in [-0.4, -0.2) is 27.1 Å². The van der Waals surface area contributed by atoms with Crippen LogP contribution in [0.1, 0.15) is 51.9 Å². The molecule has 0 unspecified atom stereocenters. The third kappa shape index (κ3) is 7.28. The molecule has 0 aliphatic heterocycles. The molecule has 118 valence electrons. The number of quaternary nitrogens is 1. The average molecular weight is 292 g/mol. The number of nitrogens with zero attached hydrogens (tertiary/aromatic N) is 1. The van der Waals surface area contributed by atoms with E-state index in [9.17, 15) is 4.79 Å². The van der Waals surface area contributed by atoms with Crippen molar-refractivity contribution in [1.29, 1.82) is 0 Å². The molecule has 0 radical (unpaired) electrons. The molecule has 0 bridgehead atoms. The van der Waals surface area contributed by atoms with Crippen molar-refractivity contribution in [3.8, 4) is 5.75 Å². The first-order valence-electron chi connectivity index (χ1n) is 8.06. The van der Waals surface area contributed by atoms with Gasteiger partial charge in [0.15, 0.2) is 0 Å². The van der Waals surface area contributed by atoms with Crippen molar-refractivity contribution in [1.82, 2.24) is 4.48 Å². The van der Waals surface area contributed by atoms with Gasteiger partial charge in [0.2, 0.25) is 0 Å². The Hall–Kier alpha value is -1.35. The molecule has 0 spiro atoms. The fourth-order valence-corrected chi connectivity index (χ4v) is 2.19. The van der Waals surface area contributed by atoms with E-state index in [-0.39, 0.29) is 5.97 Å². The van der Waals surface area contributed by atoms with E-state index in [1.807, 2.05) is 24.3 Å².